The van der Waals surface area contributed by atoms with Gasteiger partial charge in [0.2, 0.25) is 0 Å². The summed E-state index contributed by atoms with van der Waals surface area (Å²) < 4.78 is 32.5. The van der Waals surface area contributed by atoms with Crippen molar-refractivity contribution in [3.05, 3.63) is 33.8 Å². The molecule has 1 saturated heterocycles. The molecular formula is C12H13BrF2O2. The topological polar surface area (TPSA) is 29.5 Å². The van der Waals surface area contributed by atoms with Crippen LogP contribution in [-0.4, -0.2) is 17.3 Å². The monoisotopic (exact) mass is 306 g/mol. The molecule has 1 aromatic carbocycles. The fourth-order valence-electron chi connectivity index (χ4n) is 2.09. The van der Waals surface area contributed by atoms with Gasteiger partial charge in [0.1, 0.15) is 17.7 Å². The van der Waals surface area contributed by atoms with Crippen LogP contribution in [0, 0.1) is 11.6 Å². The highest BCUT2D eigenvalue weighted by Crippen LogP contribution is 2.39. The first-order chi connectivity index (χ1) is 7.94. The lowest BCUT2D eigenvalue weighted by Gasteiger charge is -2.29. The Balaban J connectivity index is 2.36. The highest BCUT2D eigenvalue weighted by molar-refractivity contribution is 9.10. The summed E-state index contributed by atoms with van der Waals surface area (Å²) in [6, 6.07) is 2.03. The molecule has 1 aliphatic rings. The SMILES string of the molecule is CC1(C(O)c2cc(F)c(Br)cc2F)CCCO1. The van der Waals surface area contributed by atoms with Gasteiger partial charge in [-0.1, -0.05) is 0 Å². The summed E-state index contributed by atoms with van der Waals surface area (Å²) in [5, 5.41) is 10.1. The molecule has 0 aromatic heterocycles. The number of aliphatic hydroxyl groups is 1. The van der Waals surface area contributed by atoms with E-state index in [1.807, 2.05) is 0 Å². The van der Waals surface area contributed by atoms with Crippen molar-refractivity contribution in [2.75, 3.05) is 6.61 Å². The minimum atomic E-state index is -1.16. The van der Waals surface area contributed by atoms with Crippen molar-refractivity contribution in [3.63, 3.8) is 0 Å². The van der Waals surface area contributed by atoms with Gasteiger partial charge in [-0.25, -0.2) is 8.78 Å². The molecule has 0 bridgehead atoms. The minimum Gasteiger partial charge on any atom is -0.385 e. The van der Waals surface area contributed by atoms with Gasteiger partial charge in [0.25, 0.3) is 0 Å². The Morgan fingerprint density at radius 2 is 2.12 bits per heavy atom. The van der Waals surface area contributed by atoms with Gasteiger partial charge < -0.3 is 9.84 Å². The summed E-state index contributed by atoms with van der Waals surface area (Å²) in [7, 11) is 0. The Labute approximate surface area is 107 Å². The van der Waals surface area contributed by atoms with Crippen LogP contribution in [0.15, 0.2) is 16.6 Å². The van der Waals surface area contributed by atoms with Crippen LogP contribution >= 0.6 is 15.9 Å². The van der Waals surface area contributed by atoms with Gasteiger partial charge in [0, 0.05) is 12.2 Å². The van der Waals surface area contributed by atoms with E-state index in [0.29, 0.717) is 13.0 Å². The summed E-state index contributed by atoms with van der Waals surface area (Å²) in [6.45, 7) is 2.25. The lowest BCUT2D eigenvalue weighted by molar-refractivity contribution is -0.0809. The molecule has 1 aromatic rings. The minimum absolute atomic E-state index is 0.0449. The molecule has 94 valence electrons. The maximum atomic E-state index is 13.7. The van der Waals surface area contributed by atoms with Crippen LogP contribution in [-0.2, 0) is 4.74 Å². The molecule has 1 N–H and O–H groups in total. The fraction of sp³-hybridized carbons (Fsp3) is 0.500. The predicted octanol–water partition coefficient (Wildman–Crippen LogP) is 3.33. The van der Waals surface area contributed by atoms with Crippen LogP contribution in [0.4, 0.5) is 8.78 Å². The maximum absolute atomic E-state index is 13.7. The number of benzene rings is 1. The third-order valence-electron chi connectivity index (χ3n) is 3.16. The number of ether oxygens (including phenoxy) is 1. The number of aliphatic hydroxyl groups excluding tert-OH is 1. The van der Waals surface area contributed by atoms with E-state index in [1.165, 1.54) is 0 Å². The lowest BCUT2D eigenvalue weighted by atomic mass is 9.90. The molecule has 0 spiro atoms. The molecule has 1 heterocycles. The second-order valence-electron chi connectivity index (χ2n) is 4.46. The van der Waals surface area contributed by atoms with Gasteiger partial charge in [0.05, 0.1) is 10.1 Å². The van der Waals surface area contributed by atoms with Crippen molar-refractivity contribution in [3.8, 4) is 0 Å². The zero-order valence-electron chi connectivity index (χ0n) is 9.34. The van der Waals surface area contributed by atoms with E-state index < -0.39 is 23.3 Å². The fourth-order valence-corrected chi connectivity index (χ4v) is 2.41. The predicted molar refractivity (Wildman–Crippen MR) is 62.6 cm³/mol. The van der Waals surface area contributed by atoms with Gasteiger partial charge in [-0.05, 0) is 47.8 Å². The average Bonchev–Trinajstić information content (AvgIpc) is 2.71. The van der Waals surface area contributed by atoms with E-state index in [2.05, 4.69) is 15.9 Å². The second kappa shape index (κ2) is 4.63. The smallest absolute Gasteiger partial charge is 0.137 e. The molecule has 2 atom stereocenters. The summed E-state index contributed by atoms with van der Waals surface area (Å²) >= 11 is 2.90. The maximum Gasteiger partial charge on any atom is 0.137 e. The Bertz CT molecular complexity index is 431. The van der Waals surface area contributed by atoms with Crippen molar-refractivity contribution in [1.82, 2.24) is 0 Å². The van der Waals surface area contributed by atoms with Crippen molar-refractivity contribution in [1.29, 1.82) is 0 Å². The molecule has 1 aliphatic heterocycles. The van der Waals surface area contributed by atoms with Crippen LogP contribution < -0.4 is 0 Å². The van der Waals surface area contributed by atoms with Crippen molar-refractivity contribution < 1.29 is 18.6 Å². The molecule has 2 nitrogen and oxygen atoms in total. The van der Waals surface area contributed by atoms with Crippen molar-refractivity contribution >= 4 is 15.9 Å². The molecule has 0 amide bonds. The van der Waals surface area contributed by atoms with E-state index >= 15 is 0 Å². The molecule has 17 heavy (non-hydrogen) atoms. The normalized spacial score (nSPS) is 26.2. The number of hydrogen-bond donors (Lipinski definition) is 1. The molecular weight excluding hydrogens is 294 g/mol. The van der Waals surface area contributed by atoms with E-state index in [0.717, 1.165) is 18.6 Å². The zero-order chi connectivity index (χ0) is 12.6. The van der Waals surface area contributed by atoms with Gasteiger partial charge in [0.15, 0.2) is 0 Å². The van der Waals surface area contributed by atoms with Crippen molar-refractivity contribution in [2.45, 2.75) is 31.5 Å². The van der Waals surface area contributed by atoms with Crippen LogP contribution in [0.3, 0.4) is 0 Å². The first-order valence-electron chi connectivity index (χ1n) is 5.40. The van der Waals surface area contributed by atoms with Crippen LogP contribution in [0.5, 0.6) is 0 Å². The number of hydrogen-bond acceptors (Lipinski definition) is 2. The Morgan fingerprint density at radius 3 is 2.71 bits per heavy atom. The zero-order valence-corrected chi connectivity index (χ0v) is 10.9. The van der Waals surface area contributed by atoms with E-state index in [1.54, 1.807) is 6.92 Å². The van der Waals surface area contributed by atoms with Crippen LogP contribution in [0.2, 0.25) is 0 Å². The number of halogens is 3. The van der Waals surface area contributed by atoms with E-state index in [4.69, 9.17) is 4.74 Å². The lowest BCUT2D eigenvalue weighted by Crippen LogP contribution is -2.32. The van der Waals surface area contributed by atoms with E-state index in [9.17, 15) is 13.9 Å². The quantitative estimate of drug-likeness (QED) is 0.849. The van der Waals surface area contributed by atoms with Crippen LogP contribution in [0.25, 0.3) is 0 Å². The molecule has 0 radical (unpaired) electrons. The molecule has 1 fully saturated rings. The second-order valence-corrected chi connectivity index (χ2v) is 5.31. The standard InChI is InChI=1S/C12H13BrF2O2/c1-12(3-2-4-17-12)11(16)7-5-10(15)8(13)6-9(7)14/h5-6,11,16H,2-4H2,1H3. The Morgan fingerprint density at radius 1 is 1.41 bits per heavy atom. The Hall–Kier alpha value is -0.520. The van der Waals surface area contributed by atoms with Gasteiger partial charge >= 0.3 is 0 Å². The molecule has 0 saturated carbocycles. The van der Waals surface area contributed by atoms with Gasteiger partial charge in [-0.2, -0.15) is 0 Å². The first-order valence-corrected chi connectivity index (χ1v) is 6.20. The van der Waals surface area contributed by atoms with Gasteiger partial charge in [-0.15, -0.1) is 0 Å². The summed E-state index contributed by atoms with van der Waals surface area (Å²) in [5.74, 6) is -1.23. The number of rotatable bonds is 2. The Kier molecular flexibility index (Phi) is 3.52. The highest BCUT2D eigenvalue weighted by Gasteiger charge is 2.39. The third kappa shape index (κ3) is 2.37. The van der Waals surface area contributed by atoms with E-state index in [-0.39, 0.29) is 10.0 Å². The van der Waals surface area contributed by atoms with Gasteiger partial charge in [-0.3, -0.25) is 0 Å². The molecule has 5 heteroatoms. The largest absolute Gasteiger partial charge is 0.385 e. The average molecular weight is 307 g/mol. The summed E-state index contributed by atoms with van der Waals surface area (Å²) in [5.41, 5.74) is -0.892. The summed E-state index contributed by atoms with van der Waals surface area (Å²) in [6.07, 6.45) is 0.284. The molecule has 2 unspecified atom stereocenters. The highest BCUT2D eigenvalue weighted by atomic mass is 79.9. The first kappa shape index (κ1) is 12.9. The van der Waals surface area contributed by atoms with Crippen LogP contribution in [0.1, 0.15) is 31.4 Å². The third-order valence-corrected chi connectivity index (χ3v) is 3.77. The molecule has 2 rings (SSSR count). The van der Waals surface area contributed by atoms with Crippen molar-refractivity contribution in [2.24, 2.45) is 0 Å². The molecule has 0 aliphatic carbocycles. The summed E-state index contributed by atoms with van der Waals surface area (Å²) in [4.78, 5) is 0.